The first-order valence-corrected chi connectivity index (χ1v) is 6.24. The molecule has 3 nitrogen and oxygen atoms in total. The number of nitrogens with zero attached hydrogens (tertiary/aromatic N) is 1. The number of hydrogen-bond acceptors (Lipinski definition) is 2. The van der Waals surface area contributed by atoms with Gasteiger partial charge < -0.3 is 16.0 Å². The maximum atomic E-state index is 5.66. The highest BCUT2D eigenvalue weighted by atomic mass is 15.0. The monoisotopic (exact) mass is 231 g/mol. The van der Waals surface area contributed by atoms with Gasteiger partial charge in [0.1, 0.15) is 0 Å². The average Bonchev–Trinajstić information content (AvgIpc) is 2.65. The van der Waals surface area contributed by atoms with Crippen LogP contribution >= 0.6 is 0 Å². The van der Waals surface area contributed by atoms with E-state index in [9.17, 15) is 0 Å². The van der Waals surface area contributed by atoms with Gasteiger partial charge in [-0.15, -0.1) is 0 Å². The SMILES string of the molecule is Cc1ccc2c(CCN)cn(CCCN)c2c1. The summed E-state index contributed by atoms with van der Waals surface area (Å²) in [5.41, 5.74) is 15.2. The summed E-state index contributed by atoms with van der Waals surface area (Å²) in [4.78, 5) is 0. The highest BCUT2D eigenvalue weighted by molar-refractivity contribution is 5.84. The smallest absolute Gasteiger partial charge is 0.0485 e. The molecule has 92 valence electrons. The topological polar surface area (TPSA) is 57.0 Å². The molecule has 4 N–H and O–H groups in total. The van der Waals surface area contributed by atoms with E-state index in [0.717, 1.165) is 25.9 Å². The molecule has 0 fully saturated rings. The molecular weight excluding hydrogens is 210 g/mol. The molecule has 0 unspecified atom stereocenters. The van der Waals surface area contributed by atoms with E-state index >= 15 is 0 Å². The number of aryl methyl sites for hydroxylation is 2. The van der Waals surface area contributed by atoms with Crippen molar-refractivity contribution in [1.29, 1.82) is 0 Å². The van der Waals surface area contributed by atoms with E-state index in [4.69, 9.17) is 11.5 Å². The van der Waals surface area contributed by atoms with E-state index in [2.05, 4.69) is 35.9 Å². The van der Waals surface area contributed by atoms with Gasteiger partial charge in [-0.1, -0.05) is 12.1 Å². The molecule has 17 heavy (non-hydrogen) atoms. The van der Waals surface area contributed by atoms with E-state index in [1.54, 1.807) is 0 Å². The Morgan fingerprint density at radius 3 is 2.71 bits per heavy atom. The third kappa shape index (κ3) is 2.51. The lowest BCUT2D eigenvalue weighted by atomic mass is 10.1. The Kier molecular flexibility index (Phi) is 3.82. The van der Waals surface area contributed by atoms with Gasteiger partial charge in [-0.25, -0.2) is 0 Å². The Morgan fingerprint density at radius 2 is 2.00 bits per heavy atom. The summed E-state index contributed by atoms with van der Waals surface area (Å²) in [6, 6.07) is 6.61. The standard InChI is InChI=1S/C14H21N3/c1-11-3-4-13-12(5-7-16)10-17(8-2-6-15)14(13)9-11/h3-4,9-10H,2,5-8,15-16H2,1H3. The Labute approximate surface area is 102 Å². The third-order valence-electron chi connectivity index (χ3n) is 3.14. The molecule has 0 saturated heterocycles. The third-order valence-corrected chi connectivity index (χ3v) is 3.14. The predicted molar refractivity (Wildman–Crippen MR) is 73.1 cm³/mol. The van der Waals surface area contributed by atoms with Crippen LogP contribution in [0, 0.1) is 6.92 Å². The maximum Gasteiger partial charge on any atom is 0.0485 e. The van der Waals surface area contributed by atoms with Crippen LogP contribution in [0.1, 0.15) is 17.5 Å². The molecule has 0 aliphatic rings. The fourth-order valence-corrected chi connectivity index (χ4v) is 2.28. The van der Waals surface area contributed by atoms with Crippen molar-refractivity contribution in [1.82, 2.24) is 4.57 Å². The number of fused-ring (bicyclic) bond motifs is 1. The summed E-state index contributed by atoms with van der Waals surface area (Å²) in [5.74, 6) is 0. The van der Waals surface area contributed by atoms with Gasteiger partial charge in [0.25, 0.3) is 0 Å². The van der Waals surface area contributed by atoms with Gasteiger partial charge in [0.05, 0.1) is 0 Å². The second kappa shape index (κ2) is 5.34. The van der Waals surface area contributed by atoms with Crippen molar-refractivity contribution in [2.24, 2.45) is 11.5 Å². The van der Waals surface area contributed by atoms with Gasteiger partial charge in [-0.05, 0) is 50.0 Å². The lowest BCUT2D eigenvalue weighted by molar-refractivity contribution is 0.668. The minimum absolute atomic E-state index is 0.698. The Hall–Kier alpha value is -1.32. The van der Waals surface area contributed by atoms with Crippen molar-refractivity contribution in [3.8, 4) is 0 Å². The van der Waals surface area contributed by atoms with Crippen LogP contribution in [0.3, 0.4) is 0 Å². The van der Waals surface area contributed by atoms with Crippen LogP contribution in [0.5, 0.6) is 0 Å². The molecular formula is C14H21N3. The van der Waals surface area contributed by atoms with Gasteiger partial charge in [0.2, 0.25) is 0 Å². The van der Waals surface area contributed by atoms with Crippen LogP contribution in [0.15, 0.2) is 24.4 Å². The first-order valence-electron chi connectivity index (χ1n) is 6.24. The van der Waals surface area contributed by atoms with E-state index < -0.39 is 0 Å². The van der Waals surface area contributed by atoms with Gasteiger partial charge in [-0.3, -0.25) is 0 Å². The first-order chi connectivity index (χ1) is 8.26. The molecule has 0 aliphatic carbocycles. The van der Waals surface area contributed by atoms with Crippen LogP contribution in [0.25, 0.3) is 10.9 Å². The highest BCUT2D eigenvalue weighted by Crippen LogP contribution is 2.23. The van der Waals surface area contributed by atoms with Crippen LogP contribution in [0.2, 0.25) is 0 Å². The minimum Gasteiger partial charge on any atom is -0.347 e. The molecule has 0 atom stereocenters. The molecule has 3 heteroatoms. The van der Waals surface area contributed by atoms with Gasteiger partial charge >= 0.3 is 0 Å². The quantitative estimate of drug-likeness (QED) is 0.824. The van der Waals surface area contributed by atoms with Crippen molar-refractivity contribution in [3.05, 3.63) is 35.5 Å². The van der Waals surface area contributed by atoms with Crippen LogP contribution in [0.4, 0.5) is 0 Å². The summed E-state index contributed by atoms with van der Waals surface area (Å²) >= 11 is 0. The fourth-order valence-electron chi connectivity index (χ4n) is 2.28. The van der Waals surface area contributed by atoms with Crippen molar-refractivity contribution in [2.75, 3.05) is 13.1 Å². The molecule has 0 saturated carbocycles. The summed E-state index contributed by atoms with van der Waals surface area (Å²) in [7, 11) is 0. The number of nitrogens with two attached hydrogens (primary N) is 2. The molecule has 0 spiro atoms. The zero-order chi connectivity index (χ0) is 12.3. The van der Waals surface area contributed by atoms with E-state index in [0.29, 0.717) is 6.54 Å². The van der Waals surface area contributed by atoms with Crippen LogP contribution in [-0.2, 0) is 13.0 Å². The Morgan fingerprint density at radius 1 is 1.18 bits per heavy atom. The van der Waals surface area contributed by atoms with Gasteiger partial charge in [0, 0.05) is 23.6 Å². The average molecular weight is 231 g/mol. The van der Waals surface area contributed by atoms with Crippen molar-refractivity contribution < 1.29 is 0 Å². The number of rotatable bonds is 5. The highest BCUT2D eigenvalue weighted by Gasteiger charge is 2.07. The largest absolute Gasteiger partial charge is 0.347 e. The van der Waals surface area contributed by atoms with Crippen LogP contribution < -0.4 is 11.5 Å². The molecule has 0 radical (unpaired) electrons. The molecule has 2 rings (SSSR count). The second-order valence-electron chi connectivity index (χ2n) is 4.55. The molecule has 0 aliphatic heterocycles. The first kappa shape index (κ1) is 12.1. The molecule has 0 amide bonds. The van der Waals surface area contributed by atoms with Gasteiger partial charge in [-0.2, -0.15) is 0 Å². The maximum absolute atomic E-state index is 5.66. The number of aromatic nitrogens is 1. The Balaban J connectivity index is 2.46. The molecule has 1 heterocycles. The zero-order valence-corrected chi connectivity index (χ0v) is 10.4. The van der Waals surface area contributed by atoms with Crippen molar-refractivity contribution in [3.63, 3.8) is 0 Å². The lowest BCUT2D eigenvalue weighted by Gasteiger charge is -2.04. The van der Waals surface area contributed by atoms with Crippen molar-refractivity contribution in [2.45, 2.75) is 26.3 Å². The Bertz CT molecular complexity index is 499. The molecule has 1 aromatic carbocycles. The van der Waals surface area contributed by atoms with E-state index in [1.807, 2.05) is 0 Å². The number of benzene rings is 1. The van der Waals surface area contributed by atoms with E-state index in [1.165, 1.54) is 22.0 Å². The summed E-state index contributed by atoms with van der Waals surface area (Å²) < 4.78 is 2.31. The lowest BCUT2D eigenvalue weighted by Crippen LogP contribution is -2.05. The van der Waals surface area contributed by atoms with Gasteiger partial charge in [0.15, 0.2) is 0 Å². The summed E-state index contributed by atoms with van der Waals surface area (Å²) in [6.07, 6.45) is 4.18. The fraction of sp³-hybridized carbons (Fsp3) is 0.429. The minimum atomic E-state index is 0.698. The molecule has 1 aromatic heterocycles. The predicted octanol–water partition coefficient (Wildman–Crippen LogP) is 1.80. The molecule has 0 bridgehead atoms. The number of hydrogen-bond donors (Lipinski definition) is 2. The summed E-state index contributed by atoms with van der Waals surface area (Å²) in [6.45, 7) is 4.55. The zero-order valence-electron chi connectivity index (χ0n) is 10.4. The van der Waals surface area contributed by atoms with Crippen molar-refractivity contribution >= 4 is 10.9 Å². The molecule has 2 aromatic rings. The normalized spacial score (nSPS) is 11.2. The second-order valence-corrected chi connectivity index (χ2v) is 4.55. The summed E-state index contributed by atoms with van der Waals surface area (Å²) in [5, 5.41) is 1.33. The van der Waals surface area contributed by atoms with E-state index in [-0.39, 0.29) is 0 Å². The van der Waals surface area contributed by atoms with Crippen LogP contribution in [-0.4, -0.2) is 17.7 Å².